The number of nitrogens with zero attached hydrogens (tertiary/aromatic N) is 1. The molecule has 1 aromatic carbocycles. The van der Waals surface area contributed by atoms with Gasteiger partial charge in [-0.05, 0) is 50.2 Å². The van der Waals surface area contributed by atoms with Gasteiger partial charge in [-0.25, -0.2) is 8.42 Å². The van der Waals surface area contributed by atoms with E-state index in [2.05, 4.69) is 54.6 Å². The monoisotopic (exact) mass is 551 g/mol. The van der Waals surface area contributed by atoms with Crippen LogP contribution >= 0.6 is 24.0 Å². The second-order valence-electron chi connectivity index (χ2n) is 8.85. The largest absolute Gasteiger partial charge is 0.493 e. The molecule has 0 radical (unpaired) electrons. The van der Waals surface area contributed by atoms with Gasteiger partial charge in [0.25, 0.3) is 0 Å². The van der Waals surface area contributed by atoms with Gasteiger partial charge in [-0.2, -0.15) is 0 Å². The lowest BCUT2D eigenvalue weighted by atomic mass is 10.1. The lowest BCUT2D eigenvalue weighted by Gasteiger charge is -2.19. The van der Waals surface area contributed by atoms with Crippen LogP contribution in [-0.2, 0) is 16.4 Å². The van der Waals surface area contributed by atoms with Crippen molar-refractivity contribution in [1.82, 2.24) is 10.6 Å². The van der Waals surface area contributed by atoms with E-state index in [1.165, 1.54) is 11.8 Å². The van der Waals surface area contributed by atoms with Crippen LogP contribution in [0, 0.1) is 18.3 Å². The van der Waals surface area contributed by atoms with Gasteiger partial charge in [-0.1, -0.05) is 26.0 Å². The molecule has 0 spiro atoms. The maximum absolute atomic E-state index is 11.6. The topological polar surface area (TPSA) is 79.8 Å². The highest BCUT2D eigenvalue weighted by atomic mass is 127. The molecule has 0 aliphatic heterocycles. The Morgan fingerprint density at radius 3 is 2.53 bits per heavy atom. The van der Waals surface area contributed by atoms with Crippen molar-refractivity contribution in [2.24, 2.45) is 16.3 Å². The maximum Gasteiger partial charge on any atom is 0.191 e. The van der Waals surface area contributed by atoms with Gasteiger partial charge in [0.2, 0.25) is 0 Å². The van der Waals surface area contributed by atoms with E-state index in [4.69, 9.17) is 4.74 Å². The zero-order valence-electron chi connectivity index (χ0n) is 19.0. The predicted octanol–water partition coefficient (Wildman–Crippen LogP) is 3.92. The molecule has 0 aromatic heterocycles. The van der Waals surface area contributed by atoms with E-state index in [1.807, 2.05) is 0 Å². The van der Waals surface area contributed by atoms with Crippen LogP contribution in [0.25, 0.3) is 0 Å². The van der Waals surface area contributed by atoms with Crippen LogP contribution in [0.1, 0.15) is 50.7 Å². The van der Waals surface area contributed by atoms with Crippen molar-refractivity contribution < 1.29 is 13.2 Å². The molecule has 30 heavy (non-hydrogen) atoms. The Morgan fingerprint density at radius 2 is 1.97 bits per heavy atom. The summed E-state index contributed by atoms with van der Waals surface area (Å²) in [6.45, 7) is 8.44. The van der Waals surface area contributed by atoms with Gasteiger partial charge in [0.1, 0.15) is 15.6 Å². The number of benzene rings is 1. The highest BCUT2D eigenvalue weighted by Crippen LogP contribution is 2.46. The molecule has 2 N–H and O–H groups in total. The average molecular weight is 552 g/mol. The van der Waals surface area contributed by atoms with Crippen LogP contribution in [0.3, 0.4) is 0 Å². The van der Waals surface area contributed by atoms with Crippen LogP contribution in [0.2, 0.25) is 0 Å². The number of halogens is 1. The van der Waals surface area contributed by atoms with E-state index in [1.54, 1.807) is 7.05 Å². The van der Waals surface area contributed by atoms with E-state index in [9.17, 15) is 8.42 Å². The SMILES string of the molecule is CN=C(NCc1ccc(C)cc1OCCCC(C)C)NCC1(CS(C)(=O)=O)CC1.I. The molecule has 172 valence electrons. The highest BCUT2D eigenvalue weighted by molar-refractivity contribution is 14.0. The normalized spacial score (nSPS) is 15.5. The summed E-state index contributed by atoms with van der Waals surface area (Å²) < 4.78 is 29.3. The fourth-order valence-corrected chi connectivity index (χ4v) is 4.89. The second kappa shape index (κ2) is 12.1. The van der Waals surface area contributed by atoms with Crippen LogP contribution in [-0.4, -0.2) is 46.6 Å². The first kappa shape index (κ1) is 27.0. The molecule has 1 aromatic rings. The summed E-state index contributed by atoms with van der Waals surface area (Å²) in [4.78, 5) is 4.28. The van der Waals surface area contributed by atoms with E-state index >= 15 is 0 Å². The van der Waals surface area contributed by atoms with E-state index in [-0.39, 0.29) is 35.1 Å². The van der Waals surface area contributed by atoms with Gasteiger partial charge in [-0.15, -0.1) is 24.0 Å². The maximum atomic E-state index is 11.6. The van der Waals surface area contributed by atoms with Crippen molar-refractivity contribution in [1.29, 1.82) is 0 Å². The molecule has 6 nitrogen and oxygen atoms in total. The molecular formula is C22H38IN3O3S. The fraction of sp³-hybridized carbons (Fsp3) is 0.682. The Hall–Kier alpha value is -1.03. The zero-order chi connectivity index (χ0) is 21.5. The third-order valence-electron chi connectivity index (χ3n) is 5.23. The lowest BCUT2D eigenvalue weighted by molar-refractivity contribution is 0.294. The van der Waals surface area contributed by atoms with Gasteiger partial charge in [0.05, 0.1) is 12.4 Å². The van der Waals surface area contributed by atoms with Crippen molar-refractivity contribution in [3.63, 3.8) is 0 Å². The number of hydrogen-bond donors (Lipinski definition) is 2. The summed E-state index contributed by atoms with van der Waals surface area (Å²) in [6, 6.07) is 6.24. The number of guanidine groups is 1. The van der Waals surface area contributed by atoms with Crippen molar-refractivity contribution in [2.45, 2.75) is 53.0 Å². The Balaban J connectivity index is 0.00000450. The number of nitrogens with one attached hydrogen (secondary N) is 2. The molecule has 0 amide bonds. The number of aryl methyl sites for hydroxylation is 1. The van der Waals surface area contributed by atoms with Gasteiger partial charge < -0.3 is 15.4 Å². The molecule has 0 saturated heterocycles. The first-order chi connectivity index (χ1) is 13.6. The number of aliphatic imine (C=N–C) groups is 1. The molecule has 2 rings (SSSR count). The number of hydrogen-bond acceptors (Lipinski definition) is 4. The number of sulfone groups is 1. The molecule has 1 aliphatic carbocycles. The predicted molar refractivity (Wildman–Crippen MR) is 136 cm³/mol. The Labute approximate surface area is 199 Å². The molecule has 0 bridgehead atoms. The Kier molecular flexibility index (Phi) is 10.9. The third kappa shape index (κ3) is 9.85. The summed E-state index contributed by atoms with van der Waals surface area (Å²) >= 11 is 0. The van der Waals surface area contributed by atoms with E-state index < -0.39 is 9.84 Å². The van der Waals surface area contributed by atoms with Crippen molar-refractivity contribution in [3.05, 3.63) is 29.3 Å². The molecule has 1 fully saturated rings. The van der Waals surface area contributed by atoms with Gasteiger partial charge >= 0.3 is 0 Å². The van der Waals surface area contributed by atoms with E-state index in [0.717, 1.165) is 43.6 Å². The number of rotatable bonds is 11. The van der Waals surface area contributed by atoms with Crippen molar-refractivity contribution >= 4 is 39.8 Å². The van der Waals surface area contributed by atoms with Gasteiger partial charge in [0, 0.05) is 37.4 Å². The average Bonchev–Trinajstić information content (AvgIpc) is 3.37. The summed E-state index contributed by atoms with van der Waals surface area (Å²) in [6.07, 6.45) is 5.39. The van der Waals surface area contributed by atoms with Crippen LogP contribution in [0.5, 0.6) is 5.75 Å². The van der Waals surface area contributed by atoms with Crippen molar-refractivity contribution in [2.75, 3.05) is 32.2 Å². The Bertz CT molecular complexity index is 806. The molecule has 0 unspecified atom stereocenters. The smallest absolute Gasteiger partial charge is 0.191 e. The molecule has 1 saturated carbocycles. The van der Waals surface area contributed by atoms with E-state index in [0.29, 0.717) is 25.0 Å². The van der Waals surface area contributed by atoms with Crippen LogP contribution in [0.15, 0.2) is 23.2 Å². The molecular weight excluding hydrogens is 513 g/mol. The first-order valence-corrected chi connectivity index (χ1v) is 12.5. The van der Waals surface area contributed by atoms with Gasteiger partial charge in [-0.3, -0.25) is 4.99 Å². The van der Waals surface area contributed by atoms with Gasteiger partial charge in [0.15, 0.2) is 5.96 Å². The minimum absolute atomic E-state index is 0. The zero-order valence-corrected chi connectivity index (χ0v) is 22.1. The fourth-order valence-electron chi connectivity index (χ4n) is 3.39. The molecule has 1 aliphatic rings. The summed E-state index contributed by atoms with van der Waals surface area (Å²) in [5, 5.41) is 6.62. The third-order valence-corrected chi connectivity index (χ3v) is 6.37. The summed E-state index contributed by atoms with van der Waals surface area (Å²) in [5.74, 6) is 2.50. The molecule has 8 heteroatoms. The second-order valence-corrected chi connectivity index (χ2v) is 11.0. The number of ether oxygens (including phenoxy) is 1. The molecule has 0 atom stereocenters. The lowest BCUT2D eigenvalue weighted by Crippen LogP contribution is -2.41. The van der Waals surface area contributed by atoms with Crippen LogP contribution in [0.4, 0.5) is 0 Å². The summed E-state index contributed by atoms with van der Waals surface area (Å²) in [7, 11) is -1.25. The first-order valence-electron chi connectivity index (χ1n) is 10.5. The minimum Gasteiger partial charge on any atom is -0.493 e. The standard InChI is InChI=1S/C22H37N3O3S.HI/c1-17(2)7-6-12-28-20-13-18(3)8-9-19(20)14-24-21(23-4)25-15-22(10-11-22)16-29(5,26)27;/h8-9,13,17H,6-7,10-12,14-16H2,1-5H3,(H2,23,24,25);1H. The minimum atomic E-state index is -2.97. The summed E-state index contributed by atoms with van der Waals surface area (Å²) in [5.41, 5.74) is 2.12. The Morgan fingerprint density at radius 1 is 1.27 bits per heavy atom. The highest BCUT2D eigenvalue weighted by Gasteiger charge is 2.45. The van der Waals surface area contributed by atoms with Crippen molar-refractivity contribution in [3.8, 4) is 5.75 Å². The van der Waals surface area contributed by atoms with Crippen LogP contribution < -0.4 is 15.4 Å². The molecule has 0 heterocycles. The quantitative estimate of drug-likeness (QED) is 0.189.